The van der Waals surface area contributed by atoms with Crippen LogP contribution in [-0.2, 0) is 0 Å². The van der Waals surface area contributed by atoms with Crippen LogP contribution in [0.3, 0.4) is 0 Å². The van der Waals surface area contributed by atoms with Gasteiger partial charge in [0.1, 0.15) is 17.0 Å². The van der Waals surface area contributed by atoms with E-state index >= 15 is 0 Å². The number of rotatable bonds is 9. The molecule has 5 aromatic carbocycles. The molecule has 0 bridgehead atoms. The van der Waals surface area contributed by atoms with Crippen molar-refractivity contribution in [1.29, 1.82) is 0 Å². The summed E-state index contributed by atoms with van der Waals surface area (Å²) >= 11 is 0. The third-order valence-corrected chi connectivity index (χ3v) is 7.23. The minimum absolute atomic E-state index is 0.00290. The van der Waals surface area contributed by atoms with Crippen molar-refractivity contribution >= 4 is 51.4 Å². The van der Waals surface area contributed by atoms with Crippen LogP contribution in [0.5, 0.6) is 11.5 Å². The van der Waals surface area contributed by atoms with Gasteiger partial charge < -0.3 is 26.2 Å². The molecule has 12 heteroatoms. The van der Waals surface area contributed by atoms with Gasteiger partial charge in [0.25, 0.3) is 17.7 Å². The van der Waals surface area contributed by atoms with E-state index in [2.05, 4.69) is 26.0 Å². The maximum atomic E-state index is 13.5. The number of aromatic hydroxyl groups is 1. The number of nitrogens with two attached hydrogens (primary N) is 1. The van der Waals surface area contributed by atoms with E-state index in [1.165, 1.54) is 16.9 Å². The molecule has 0 saturated carbocycles. The number of aromatic nitrogens is 2. The summed E-state index contributed by atoms with van der Waals surface area (Å²) in [6.07, 6.45) is 1.28. The average molecular weight is 626 g/mol. The van der Waals surface area contributed by atoms with E-state index in [0.29, 0.717) is 33.6 Å². The summed E-state index contributed by atoms with van der Waals surface area (Å²) in [5.74, 6) is -1.60. The van der Waals surface area contributed by atoms with Gasteiger partial charge in [0.15, 0.2) is 11.6 Å². The van der Waals surface area contributed by atoms with Gasteiger partial charge in [-0.15, -0.1) is 10.2 Å². The molecule has 0 atom stereocenters. The van der Waals surface area contributed by atoms with Gasteiger partial charge in [0.05, 0.1) is 24.6 Å². The molecule has 0 aliphatic carbocycles. The number of primary amides is 1. The summed E-state index contributed by atoms with van der Waals surface area (Å²) in [5.41, 5.74) is 7.35. The number of amides is 3. The standard InChI is InChI=1S/C35H27N7O5/c1-47-26-15-13-24(14-16-26)38-34(45)21-12-17-27-22(18-21)19-28(35(46)39-23-8-4-2-5-9-23)31(43)30(27)40-41-33-29(32(36)44)20-37-42(33)25-10-6-3-7-11-25/h2-20,43H,1H3,(H2,36,44)(H,38,45)(H,39,46). The highest BCUT2D eigenvalue weighted by molar-refractivity contribution is 6.13. The third-order valence-electron chi connectivity index (χ3n) is 7.23. The number of hydrogen-bond acceptors (Lipinski definition) is 8. The third kappa shape index (κ3) is 6.37. The predicted molar refractivity (Wildman–Crippen MR) is 177 cm³/mol. The number of nitrogens with one attached hydrogen (secondary N) is 2. The minimum atomic E-state index is -0.779. The van der Waals surface area contributed by atoms with Crippen LogP contribution in [0.15, 0.2) is 126 Å². The molecule has 5 N–H and O–H groups in total. The van der Waals surface area contributed by atoms with Crippen LogP contribution in [0.4, 0.5) is 22.9 Å². The second-order valence-corrected chi connectivity index (χ2v) is 10.3. The molecule has 0 spiro atoms. The van der Waals surface area contributed by atoms with Gasteiger partial charge in [-0.05, 0) is 72.1 Å². The van der Waals surface area contributed by atoms with Crippen molar-refractivity contribution in [2.24, 2.45) is 16.0 Å². The van der Waals surface area contributed by atoms with E-state index in [1.807, 2.05) is 6.07 Å². The molecular formula is C35H27N7O5. The smallest absolute Gasteiger partial charge is 0.259 e. The largest absolute Gasteiger partial charge is 0.505 e. The molecule has 0 unspecified atom stereocenters. The maximum absolute atomic E-state index is 13.5. The Hall–Kier alpha value is -6.82. The van der Waals surface area contributed by atoms with Crippen LogP contribution >= 0.6 is 0 Å². The van der Waals surface area contributed by atoms with Crippen molar-refractivity contribution in [3.63, 3.8) is 0 Å². The Kier molecular flexibility index (Phi) is 8.38. The second kappa shape index (κ2) is 13.0. The highest BCUT2D eigenvalue weighted by atomic mass is 16.5. The molecule has 0 fully saturated rings. The number of para-hydroxylation sites is 2. The van der Waals surface area contributed by atoms with E-state index in [1.54, 1.807) is 104 Å². The van der Waals surface area contributed by atoms with Crippen molar-refractivity contribution in [3.8, 4) is 17.2 Å². The first kappa shape index (κ1) is 30.2. The fraction of sp³-hybridized carbons (Fsp3) is 0.0286. The molecule has 3 amide bonds. The topological polar surface area (TPSA) is 173 Å². The van der Waals surface area contributed by atoms with Gasteiger partial charge in [-0.25, -0.2) is 4.68 Å². The minimum Gasteiger partial charge on any atom is -0.505 e. The fourth-order valence-corrected chi connectivity index (χ4v) is 4.86. The number of hydrogen-bond donors (Lipinski definition) is 4. The molecule has 6 aromatic rings. The monoisotopic (exact) mass is 625 g/mol. The van der Waals surface area contributed by atoms with Crippen LogP contribution in [-0.4, -0.2) is 39.7 Å². The Morgan fingerprint density at radius 3 is 2.13 bits per heavy atom. The molecule has 47 heavy (non-hydrogen) atoms. The summed E-state index contributed by atoms with van der Waals surface area (Å²) in [6, 6.07) is 30.7. The number of carbonyl (C=O) groups is 3. The predicted octanol–water partition coefficient (Wildman–Crippen LogP) is 6.76. The number of benzene rings is 5. The van der Waals surface area contributed by atoms with Gasteiger partial charge in [-0.3, -0.25) is 14.4 Å². The van der Waals surface area contributed by atoms with Crippen molar-refractivity contribution in [3.05, 3.63) is 132 Å². The molecule has 232 valence electrons. The van der Waals surface area contributed by atoms with Gasteiger partial charge in [0.2, 0.25) is 0 Å². The Morgan fingerprint density at radius 1 is 0.787 bits per heavy atom. The Labute approximate surface area is 268 Å². The van der Waals surface area contributed by atoms with Crippen molar-refractivity contribution in [2.45, 2.75) is 0 Å². The number of fused-ring (bicyclic) bond motifs is 1. The molecule has 12 nitrogen and oxygen atoms in total. The van der Waals surface area contributed by atoms with E-state index in [0.717, 1.165) is 0 Å². The number of carbonyl (C=O) groups excluding carboxylic acids is 3. The Balaban J connectivity index is 1.45. The van der Waals surface area contributed by atoms with Crippen molar-refractivity contribution in [2.75, 3.05) is 17.7 Å². The first-order valence-electron chi connectivity index (χ1n) is 14.3. The molecule has 1 aromatic heterocycles. The number of nitrogens with zero attached hydrogens (tertiary/aromatic N) is 4. The zero-order valence-electron chi connectivity index (χ0n) is 24.9. The zero-order chi connectivity index (χ0) is 32.9. The molecule has 0 aliphatic heterocycles. The van der Waals surface area contributed by atoms with Gasteiger partial charge in [-0.1, -0.05) is 42.5 Å². The summed E-state index contributed by atoms with van der Waals surface area (Å²) in [7, 11) is 1.55. The number of methoxy groups -OCH3 is 1. The number of ether oxygens (including phenoxy) is 1. The van der Waals surface area contributed by atoms with E-state index in [9.17, 15) is 19.5 Å². The van der Waals surface area contributed by atoms with E-state index in [4.69, 9.17) is 10.5 Å². The SMILES string of the molecule is COc1ccc(NC(=O)c2ccc3c(N=Nc4c(C(N)=O)cnn4-c4ccccc4)c(O)c(C(=O)Nc4ccccc4)cc3c2)cc1. The number of phenolic OH excluding ortho intramolecular Hbond substituents is 1. The summed E-state index contributed by atoms with van der Waals surface area (Å²) in [4.78, 5) is 38.9. The molecule has 1 heterocycles. The van der Waals surface area contributed by atoms with Crippen molar-refractivity contribution < 1.29 is 24.2 Å². The normalized spacial score (nSPS) is 11.0. The average Bonchev–Trinajstić information content (AvgIpc) is 3.53. The van der Waals surface area contributed by atoms with Gasteiger partial charge in [0, 0.05) is 22.3 Å². The first-order chi connectivity index (χ1) is 22.8. The molecule has 0 radical (unpaired) electrons. The summed E-state index contributed by atoms with van der Waals surface area (Å²) in [5, 5.41) is 30.7. The lowest BCUT2D eigenvalue weighted by Crippen LogP contribution is -2.13. The fourth-order valence-electron chi connectivity index (χ4n) is 4.86. The quantitative estimate of drug-likeness (QED) is 0.129. The Bertz CT molecular complexity index is 2150. The van der Waals surface area contributed by atoms with Crippen molar-refractivity contribution in [1.82, 2.24) is 9.78 Å². The summed E-state index contributed by atoms with van der Waals surface area (Å²) in [6.45, 7) is 0. The van der Waals surface area contributed by atoms with E-state index < -0.39 is 23.5 Å². The summed E-state index contributed by atoms with van der Waals surface area (Å²) < 4.78 is 6.56. The Morgan fingerprint density at radius 2 is 1.45 bits per heavy atom. The highest BCUT2D eigenvalue weighted by Crippen LogP contribution is 2.40. The molecule has 0 saturated heterocycles. The van der Waals surface area contributed by atoms with Gasteiger partial charge in [-0.2, -0.15) is 5.10 Å². The molecule has 6 rings (SSSR count). The first-order valence-corrected chi connectivity index (χ1v) is 14.3. The van der Waals surface area contributed by atoms with Crippen LogP contribution in [0.25, 0.3) is 16.5 Å². The molecular weight excluding hydrogens is 598 g/mol. The van der Waals surface area contributed by atoms with E-state index in [-0.39, 0.29) is 28.2 Å². The molecule has 0 aliphatic rings. The number of azo groups is 1. The lowest BCUT2D eigenvalue weighted by molar-refractivity contribution is 0.0996. The zero-order valence-corrected chi connectivity index (χ0v) is 24.9. The lowest BCUT2D eigenvalue weighted by Gasteiger charge is -2.13. The number of anilines is 2. The highest BCUT2D eigenvalue weighted by Gasteiger charge is 2.22. The lowest BCUT2D eigenvalue weighted by atomic mass is 10.0. The second-order valence-electron chi connectivity index (χ2n) is 10.3. The van der Waals surface area contributed by atoms with Crippen LogP contribution < -0.4 is 21.1 Å². The number of phenols is 1. The van der Waals surface area contributed by atoms with Crippen LogP contribution in [0.2, 0.25) is 0 Å². The van der Waals surface area contributed by atoms with Crippen LogP contribution in [0, 0.1) is 0 Å². The van der Waals surface area contributed by atoms with Crippen LogP contribution in [0.1, 0.15) is 31.1 Å². The van der Waals surface area contributed by atoms with Gasteiger partial charge >= 0.3 is 0 Å². The maximum Gasteiger partial charge on any atom is 0.259 e.